The van der Waals surface area contributed by atoms with Gasteiger partial charge in [-0.25, -0.2) is 4.58 Å². The van der Waals surface area contributed by atoms with Gasteiger partial charge >= 0.3 is 0 Å². The zero-order chi connectivity index (χ0) is 36.9. The molecule has 0 bridgehead atoms. The summed E-state index contributed by atoms with van der Waals surface area (Å²) in [6, 6.07) is 35.0. The third-order valence-electron chi connectivity index (χ3n) is 8.73. The summed E-state index contributed by atoms with van der Waals surface area (Å²) in [6.07, 6.45) is 0. The monoisotopic (exact) mass is 775 g/mol. The first-order chi connectivity index (χ1) is 25.0. The van der Waals surface area contributed by atoms with Gasteiger partial charge in [0.2, 0.25) is 5.36 Å². The van der Waals surface area contributed by atoms with Crippen LogP contribution in [-0.2, 0) is 20.2 Å². The molecule has 0 unspecified atom stereocenters. The largest absolute Gasteiger partial charge is 0.456 e. The summed E-state index contributed by atoms with van der Waals surface area (Å²) in [5.41, 5.74) is 2.47. The first-order valence-corrected chi connectivity index (χ1v) is 21.6. The van der Waals surface area contributed by atoms with Crippen LogP contribution in [0.1, 0.15) is 13.8 Å². The number of anilines is 1. The highest BCUT2D eigenvalue weighted by Crippen LogP contribution is 2.43. The summed E-state index contributed by atoms with van der Waals surface area (Å²) in [6.45, 7) is 7.17. The van der Waals surface area contributed by atoms with Crippen molar-refractivity contribution >= 4 is 60.4 Å². The molecule has 0 spiro atoms. The highest BCUT2D eigenvalue weighted by Gasteiger charge is 2.27. The molecule has 2 aliphatic rings. The highest BCUT2D eigenvalue weighted by atomic mass is 32.2. The summed E-state index contributed by atoms with van der Waals surface area (Å²) in [7, 11) is -9.71. The van der Waals surface area contributed by atoms with Crippen LogP contribution in [-0.4, -0.2) is 63.6 Å². The average molecular weight is 776 g/mol. The van der Waals surface area contributed by atoms with Gasteiger partial charge in [-0.1, -0.05) is 42.5 Å². The van der Waals surface area contributed by atoms with E-state index in [9.17, 15) is 25.9 Å². The molecule has 13 heteroatoms. The second-order valence-corrected chi connectivity index (χ2v) is 17.1. The van der Waals surface area contributed by atoms with Crippen LogP contribution < -0.4 is 14.8 Å². The molecule has 1 aliphatic heterocycles. The Balaban J connectivity index is 1.49. The quantitative estimate of drug-likeness (QED) is 0.0488. The normalized spacial score (nSPS) is 12.7. The predicted octanol–water partition coefficient (Wildman–Crippen LogP) is 7.90. The zero-order valence-electron chi connectivity index (χ0n) is 28.7. The second kappa shape index (κ2) is 16.3. The number of rotatable bonds is 14. The fourth-order valence-electron chi connectivity index (χ4n) is 6.15. The Morgan fingerprint density at radius 3 is 1.98 bits per heavy atom. The lowest BCUT2D eigenvalue weighted by Crippen LogP contribution is -2.31. The van der Waals surface area contributed by atoms with Crippen molar-refractivity contribution in [3.8, 4) is 22.5 Å². The molecule has 0 fully saturated rings. The Morgan fingerprint density at radius 2 is 1.37 bits per heavy atom. The summed E-state index contributed by atoms with van der Waals surface area (Å²) in [5.74, 6) is 2.19. The number of hydrogen-bond acceptors (Lipinski definition) is 8. The molecule has 6 rings (SSSR count). The molecule has 270 valence electrons. The predicted molar refractivity (Wildman–Crippen MR) is 211 cm³/mol. The number of fused-ring (bicyclic) bond motifs is 2. The summed E-state index contributed by atoms with van der Waals surface area (Å²) >= 11 is 3.54. The molecule has 0 atom stereocenters. The molecule has 0 saturated heterocycles. The lowest BCUT2D eigenvalue weighted by molar-refractivity contribution is 0.481. The Kier molecular flexibility index (Phi) is 11.8. The van der Waals surface area contributed by atoms with E-state index in [1.807, 2.05) is 72.8 Å². The van der Waals surface area contributed by atoms with E-state index < -0.39 is 30.0 Å². The fourth-order valence-corrected chi connectivity index (χ4v) is 9.25. The van der Waals surface area contributed by atoms with Crippen molar-refractivity contribution in [3.05, 3.63) is 121 Å². The van der Waals surface area contributed by atoms with Crippen LogP contribution in [0.5, 0.6) is 0 Å². The molecule has 2 N–H and O–H groups in total. The van der Waals surface area contributed by atoms with Gasteiger partial charge in [-0.3, -0.25) is 9.11 Å². The molecule has 0 saturated carbocycles. The highest BCUT2D eigenvalue weighted by molar-refractivity contribution is 7.99. The standard InChI is InChI=1S/C39H38N2O7S4/c1-3-40(21-23-49-30-11-7-5-8-12-30)28-15-18-33-36(25-28)48-37-26-29(41(4-2)22-24-50-31-13-9-6-10-14-31)16-19-34(37)39(33)35-20-17-32(51(42,43)44)27-38(35)52(45,46)47/h5-20,25-27H,3-4,21-24H2,1-2H3,(H-,42,43,44,45,46,47)/p+1. The van der Waals surface area contributed by atoms with Gasteiger partial charge in [-0.15, -0.1) is 23.5 Å². The van der Waals surface area contributed by atoms with Crippen molar-refractivity contribution in [2.75, 3.05) is 42.6 Å². The molecule has 4 aromatic rings. The van der Waals surface area contributed by atoms with E-state index in [1.165, 1.54) is 15.9 Å². The third kappa shape index (κ3) is 8.74. The van der Waals surface area contributed by atoms with Gasteiger partial charge in [-0.05, 0) is 68.4 Å². The van der Waals surface area contributed by atoms with Gasteiger partial charge in [0.15, 0.2) is 6.54 Å². The van der Waals surface area contributed by atoms with Crippen molar-refractivity contribution in [2.24, 2.45) is 0 Å². The van der Waals surface area contributed by atoms with Crippen LogP contribution in [0.25, 0.3) is 33.4 Å². The van der Waals surface area contributed by atoms with E-state index >= 15 is 0 Å². The Hall–Kier alpha value is -4.11. The van der Waals surface area contributed by atoms with E-state index in [0.29, 0.717) is 27.9 Å². The zero-order valence-corrected chi connectivity index (χ0v) is 31.9. The van der Waals surface area contributed by atoms with Crippen LogP contribution in [0.3, 0.4) is 0 Å². The van der Waals surface area contributed by atoms with Gasteiger partial charge in [-0.2, -0.15) is 16.8 Å². The summed E-state index contributed by atoms with van der Waals surface area (Å²) < 4.78 is 78.5. The molecule has 1 aliphatic carbocycles. The molecule has 0 aromatic heterocycles. The fraction of sp³-hybridized carbons (Fsp3) is 0.205. The average Bonchev–Trinajstić information content (AvgIpc) is 3.13. The van der Waals surface area contributed by atoms with Crippen LogP contribution in [0.2, 0.25) is 0 Å². The van der Waals surface area contributed by atoms with Crippen molar-refractivity contribution in [1.82, 2.24) is 4.58 Å². The topological polar surface area (TPSA) is 128 Å². The van der Waals surface area contributed by atoms with Gasteiger partial charge in [0.25, 0.3) is 20.2 Å². The van der Waals surface area contributed by atoms with Crippen molar-refractivity contribution in [3.63, 3.8) is 0 Å². The molecule has 0 radical (unpaired) electrons. The van der Waals surface area contributed by atoms with Crippen molar-refractivity contribution < 1.29 is 30.4 Å². The maximum atomic E-state index is 12.8. The molecule has 0 amide bonds. The first-order valence-electron chi connectivity index (χ1n) is 16.7. The van der Waals surface area contributed by atoms with Gasteiger partial charge in [0, 0.05) is 68.5 Å². The molecular weight excluding hydrogens is 737 g/mol. The number of thioether (sulfide) groups is 2. The minimum Gasteiger partial charge on any atom is -0.456 e. The summed E-state index contributed by atoms with van der Waals surface area (Å²) in [5, 5.41) is 1.48. The van der Waals surface area contributed by atoms with Gasteiger partial charge in [0.1, 0.15) is 22.8 Å². The van der Waals surface area contributed by atoms with E-state index in [4.69, 9.17) is 4.42 Å². The molecule has 4 aromatic carbocycles. The Labute approximate surface area is 312 Å². The van der Waals surface area contributed by atoms with Gasteiger partial charge < -0.3 is 9.32 Å². The molecular formula is C39H39N2O7S4+. The minimum absolute atomic E-state index is 0.0689. The minimum atomic E-state index is -4.95. The number of nitrogens with zero attached hydrogens (tertiary/aromatic N) is 2. The number of hydrogen-bond donors (Lipinski definition) is 2. The number of benzene rings is 5. The summed E-state index contributed by atoms with van der Waals surface area (Å²) in [4.78, 5) is 3.31. The maximum absolute atomic E-state index is 12.8. The van der Waals surface area contributed by atoms with E-state index in [1.54, 1.807) is 23.5 Å². The first kappa shape index (κ1) is 37.6. The van der Waals surface area contributed by atoms with E-state index in [-0.39, 0.29) is 5.56 Å². The Bertz CT molecular complexity index is 2450. The third-order valence-corrected chi connectivity index (χ3v) is 12.5. The lowest BCUT2D eigenvalue weighted by Gasteiger charge is -2.24. The van der Waals surface area contributed by atoms with Crippen LogP contribution >= 0.6 is 23.5 Å². The van der Waals surface area contributed by atoms with Crippen LogP contribution in [0, 0.1) is 0 Å². The maximum Gasteiger partial charge on any atom is 0.295 e. The molecule has 9 nitrogen and oxygen atoms in total. The molecule has 52 heavy (non-hydrogen) atoms. The van der Waals surface area contributed by atoms with E-state index in [0.717, 1.165) is 60.9 Å². The van der Waals surface area contributed by atoms with Crippen molar-refractivity contribution in [1.29, 1.82) is 0 Å². The SMILES string of the molecule is CCN(CCSc1ccccc1)c1ccc2c(-c3ccc(S(=O)(=O)O)cc3S(=O)(=O)O)c3ccc(=[N+](CC)CCSc4ccccc4)cc-3oc2c1. The van der Waals surface area contributed by atoms with Crippen LogP contribution in [0.4, 0.5) is 5.69 Å². The molecule has 1 heterocycles. The van der Waals surface area contributed by atoms with Crippen LogP contribution in [0.15, 0.2) is 139 Å². The van der Waals surface area contributed by atoms with E-state index in [2.05, 4.69) is 47.6 Å². The Morgan fingerprint density at radius 1 is 0.712 bits per heavy atom. The smallest absolute Gasteiger partial charge is 0.295 e. The lowest BCUT2D eigenvalue weighted by atomic mass is 9.93. The second-order valence-electron chi connectivity index (χ2n) is 11.9. The van der Waals surface area contributed by atoms with Crippen molar-refractivity contribution in [2.45, 2.75) is 33.4 Å². The van der Waals surface area contributed by atoms with Gasteiger partial charge in [0.05, 0.1) is 16.7 Å².